The van der Waals surface area contributed by atoms with Gasteiger partial charge in [-0.3, -0.25) is 4.79 Å². The van der Waals surface area contributed by atoms with E-state index in [4.69, 9.17) is 5.73 Å². The van der Waals surface area contributed by atoms with E-state index in [1.165, 1.54) is 82.1 Å². The zero-order valence-electron chi connectivity index (χ0n) is 16.3. The molecule has 0 heterocycles. The minimum Gasteiger partial charge on any atom is -1.00 e. The number of nitrogens with one attached hydrogen (secondary N) is 1. The number of hydrogen-bond acceptors (Lipinski definition) is 1. The van der Waals surface area contributed by atoms with Crippen molar-refractivity contribution >= 4 is 5.91 Å². The smallest absolute Gasteiger partial charge is 0.217 e. The van der Waals surface area contributed by atoms with Crippen molar-refractivity contribution < 1.29 is 22.1 Å². The summed E-state index contributed by atoms with van der Waals surface area (Å²) < 4.78 is 0. The lowest BCUT2D eigenvalue weighted by Gasteiger charge is -2.01. The molecule has 0 saturated heterocycles. The van der Waals surface area contributed by atoms with Crippen LogP contribution in [0.5, 0.6) is 0 Å². The van der Waals surface area contributed by atoms with Crippen LogP contribution < -0.4 is 23.0 Å². The van der Waals surface area contributed by atoms with Crippen molar-refractivity contribution in [2.45, 2.75) is 97.3 Å². The van der Waals surface area contributed by atoms with Crippen LogP contribution in [0, 0.1) is 0 Å². The number of nitrogens with two attached hydrogens (primary N) is 1. The summed E-state index contributed by atoms with van der Waals surface area (Å²) in [5, 5.41) is 0. The van der Waals surface area contributed by atoms with E-state index >= 15 is 0 Å². The van der Waals surface area contributed by atoms with Gasteiger partial charge in [-0.15, -0.1) is 0 Å². The number of rotatable bonds is 14. The lowest BCUT2D eigenvalue weighted by atomic mass is 10.1. The molecule has 1 amide bonds. The van der Waals surface area contributed by atoms with Crippen LogP contribution in [0.3, 0.4) is 0 Å². The van der Waals surface area contributed by atoms with Crippen molar-refractivity contribution in [2.75, 3.05) is 20.6 Å². The molecule has 0 bridgehead atoms. The van der Waals surface area contributed by atoms with Crippen molar-refractivity contribution in [3.05, 3.63) is 0 Å². The minimum absolute atomic E-state index is 0. The number of carbonyl (C=O) groups excluding carboxylic acids is 1. The topological polar surface area (TPSA) is 47.5 Å². The third kappa shape index (κ3) is 34.2. The molecule has 0 aliphatic carbocycles. The lowest BCUT2D eigenvalue weighted by molar-refractivity contribution is -0.858. The summed E-state index contributed by atoms with van der Waals surface area (Å²) in [6.45, 7) is 5.75. The quantitative estimate of drug-likeness (QED) is 0.445. The van der Waals surface area contributed by atoms with Crippen LogP contribution in [0.2, 0.25) is 0 Å². The predicted molar refractivity (Wildman–Crippen MR) is 98.2 cm³/mol. The summed E-state index contributed by atoms with van der Waals surface area (Å²) in [4.78, 5) is 12.0. The van der Waals surface area contributed by atoms with E-state index < -0.39 is 0 Å². The fraction of sp³-hybridized carbons (Fsp3) is 0.947. The number of quaternary nitrogens is 1. The maximum absolute atomic E-state index is 10.5. The van der Waals surface area contributed by atoms with Gasteiger partial charge < -0.3 is 23.0 Å². The number of carbonyl (C=O) groups is 1. The van der Waals surface area contributed by atoms with E-state index in [0.717, 1.165) is 6.42 Å². The molecular formula is C19H43ClN2O. The minimum atomic E-state index is -0.157. The summed E-state index contributed by atoms with van der Waals surface area (Å²) in [7, 11) is 4.34. The molecule has 0 spiro atoms. The van der Waals surface area contributed by atoms with Crippen LogP contribution in [-0.2, 0) is 4.79 Å². The van der Waals surface area contributed by atoms with Crippen LogP contribution in [-0.4, -0.2) is 26.5 Å². The van der Waals surface area contributed by atoms with E-state index in [1.54, 1.807) is 0 Å². The molecule has 0 aliphatic rings. The Labute approximate surface area is 152 Å². The molecule has 0 saturated carbocycles. The largest absolute Gasteiger partial charge is 1.00 e. The normalized spacial score (nSPS) is 9.96. The molecule has 0 unspecified atom stereocenters. The number of hydrogen-bond donors (Lipinski definition) is 2. The van der Waals surface area contributed by atoms with Crippen molar-refractivity contribution in [3.8, 4) is 0 Å². The third-order valence-electron chi connectivity index (χ3n) is 3.78. The van der Waals surface area contributed by atoms with E-state index in [1.807, 2.05) is 0 Å². The van der Waals surface area contributed by atoms with Gasteiger partial charge >= 0.3 is 0 Å². The van der Waals surface area contributed by atoms with Crippen molar-refractivity contribution in [1.29, 1.82) is 0 Å². The summed E-state index contributed by atoms with van der Waals surface area (Å²) in [5.74, 6) is -0.157. The van der Waals surface area contributed by atoms with Gasteiger partial charge in [-0.1, -0.05) is 78.1 Å². The van der Waals surface area contributed by atoms with Gasteiger partial charge in [0.2, 0.25) is 5.91 Å². The maximum Gasteiger partial charge on any atom is 0.217 e. The molecule has 0 radical (unpaired) electrons. The SMILES string of the molecule is CCCCCCCCCCCCCC(N)=O.CCC[NH+](C)C.[Cl-]. The lowest BCUT2D eigenvalue weighted by Crippen LogP contribution is -3.05. The van der Waals surface area contributed by atoms with E-state index in [-0.39, 0.29) is 18.3 Å². The Morgan fingerprint density at radius 2 is 1.13 bits per heavy atom. The molecule has 0 aromatic rings. The first-order valence-electron chi connectivity index (χ1n) is 9.61. The molecule has 3 nitrogen and oxygen atoms in total. The highest BCUT2D eigenvalue weighted by molar-refractivity contribution is 5.73. The molecule has 0 aliphatic heterocycles. The van der Waals surface area contributed by atoms with E-state index in [2.05, 4.69) is 27.9 Å². The van der Waals surface area contributed by atoms with Gasteiger partial charge in [-0.2, -0.15) is 0 Å². The zero-order chi connectivity index (χ0) is 17.1. The van der Waals surface area contributed by atoms with Crippen LogP contribution in [0.25, 0.3) is 0 Å². The predicted octanol–water partition coefficient (Wildman–Crippen LogP) is 0.718. The van der Waals surface area contributed by atoms with E-state index in [0.29, 0.717) is 6.42 Å². The number of amides is 1. The molecule has 0 atom stereocenters. The molecule has 0 rings (SSSR count). The highest BCUT2D eigenvalue weighted by Gasteiger charge is 1.95. The summed E-state index contributed by atoms with van der Waals surface area (Å²) >= 11 is 0. The number of halogens is 1. The first kappa shape index (κ1) is 27.6. The number of unbranched alkanes of at least 4 members (excludes halogenated alkanes) is 10. The Hall–Kier alpha value is -0.280. The van der Waals surface area contributed by atoms with Gasteiger partial charge in [0.1, 0.15) is 0 Å². The second kappa shape index (κ2) is 24.0. The molecular weight excluding hydrogens is 308 g/mol. The maximum atomic E-state index is 10.5. The van der Waals surface area contributed by atoms with Gasteiger partial charge in [0.15, 0.2) is 0 Å². The van der Waals surface area contributed by atoms with Gasteiger partial charge in [0.05, 0.1) is 20.6 Å². The fourth-order valence-electron chi connectivity index (χ4n) is 2.46. The molecule has 4 heteroatoms. The average Bonchev–Trinajstić information content (AvgIpc) is 2.45. The summed E-state index contributed by atoms with van der Waals surface area (Å²) in [5.41, 5.74) is 5.07. The molecule has 0 aromatic carbocycles. The fourth-order valence-corrected chi connectivity index (χ4v) is 2.46. The Morgan fingerprint density at radius 3 is 1.39 bits per heavy atom. The molecule has 23 heavy (non-hydrogen) atoms. The first-order valence-corrected chi connectivity index (χ1v) is 9.61. The van der Waals surface area contributed by atoms with Gasteiger partial charge in [0.25, 0.3) is 0 Å². The van der Waals surface area contributed by atoms with Crippen molar-refractivity contribution in [2.24, 2.45) is 5.73 Å². The first-order chi connectivity index (χ1) is 10.5. The summed E-state index contributed by atoms with van der Waals surface area (Å²) in [6, 6.07) is 0. The second-order valence-electron chi connectivity index (χ2n) is 6.71. The Balaban J connectivity index is -0.000000487. The van der Waals surface area contributed by atoms with Crippen molar-refractivity contribution in [1.82, 2.24) is 0 Å². The molecule has 142 valence electrons. The molecule has 0 aromatic heterocycles. The van der Waals surface area contributed by atoms with Crippen LogP contribution >= 0.6 is 0 Å². The van der Waals surface area contributed by atoms with E-state index in [9.17, 15) is 4.79 Å². The highest BCUT2D eigenvalue weighted by atomic mass is 35.5. The Kier molecular flexibility index (Phi) is 28.7. The van der Waals surface area contributed by atoms with Crippen LogP contribution in [0.1, 0.15) is 97.3 Å². The summed E-state index contributed by atoms with van der Waals surface area (Å²) in [6.07, 6.45) is 16.3. The Morgan fingerprint density at radius 1 is 0.739 bits per heavy atom. The zero-order valence-corrected chi connectivity index (χ0v) is 17.0. The monoisotopic (exact) mass is 350 g/mol. The molecule has 0 fully saturated rings. The standard InChI is InChI=1S/C14H29NO.C5H13N.ClH/c1-2-3-4-5-6-7-8-9-10-11-12-13-14(15)16;1-4-5-6(2)3;/h2-13H2,1H3,(H2,15,16);4-5H2,1-3H3;1H. The number of primary amides is 1. The molecule has 3 N–H and O–H groups in total. The second-order valence-corrected chi connectivity index (χ2v) is 6.71. The van der Waals surface area contributed by atoms with Gasteiger partial charge in [-0.05, 0) is 12.8 Å². The van der Waals surface area contributed by atoms with Crippen LogP contribution in [0.4, 0.5) is 0 Å². The Bertz CT molecular complexity index is 223. The van der Waals surface area contributed by atoms with Crippen molar-refractivity contribution in [3.63, 3.8) is 0 Å². The van der Waals surface area contributed by atoms with Gasteiger partial charge in [-0.25, -0.2) is 0 Å². The third-order valence-corrected chi connectivity index (χ3v) is 3.78. The average molecular weight is 351 g/mol. The van der Waals surface area contributed by atoms with Gasteiger partial charge in [0, 0.05) is 6.42 Å². The van der Waals surface area contributed by atoms with Crippen LogP contribution in [0.15, 0.2) is 0 Å². The highest BCUT2D eigenvalue weighted by Crippen LogP contribution is 2.11.